The van der Waals surface area contributed by atoms with Crippen molar-refractivity contribution in [3.63, 3.8) is 0 Å². The fourth-order valence-corrected chi connectivity index (χ4v) is 8.22. The van der Waals surface area contributed by atoms with Gasteiger partial charge in [0.15, 0.2) is 0 Å². The minimum atomic E-state index is 0.155. The summed E-state index contributed by atoms with van der Waals surface area (Å²) in [6.07, 6.45) is 18.3. The van der Waals surface area contributed by atoms with Gasteiger partial charge in [0.25, 0.3) is 0 Å². The summed E-state index contributed by atoms with van der Waals surface area (Å²) in [6, 6.07) is 32.8. The van der Waals surface area contributed by atoms with Crippen LogP contribution >= 0.6 is 0 Å². The monoisotopic (exact) mass is 595 g/mol. The van der Waals surface area contributed by atoms with Crippen molar-refractivity contribution in [1.29, 1.82) is 0 Å². The van der Waals surface area contributed by atoms with Crippen molar-refractivity contribution in [1.82, 2.24) is 0 Å². The van der Waals surface area contributed by atoms with Crippen molar-refractivity contribution >= 4 is 33.2 Å². The Balaban J connectivity index is 1.02. The molecule has 5 aliphatic rings. The van der Waals surface area contributed by atoms with Crippen LogP contribution in [0.5, 0.6) is 0 Å². The smallest absolute Gasteiger partial charge is 0.136 e. The molecule has 3 nitrogen and oxygen atoms in total. The van der Waals surface area contributed by atoms with Gasteiger partial charge in [-0.05, 0) is 101 Å². The second kappa shape index (κ2) is 10.1. The predicted octanol–water partition coefficient (Wildman–Crippen LogP) is 10.8. The average molecular weight is 596 g/mol. The molecule has 5 aromatic rings. The van der Waals surface area contributed by atoms with Crippen LogP contribution in [0.4, 0.5) is 5.69 Å². The Labute approximate surface area is 268 Å². The predicted molar refractivity (Wildman–Crippen MR) is 187 cm³/mol. The highest BCUT2D eigenvalue weighted by Gasteiger charge is 2.36. The van der Waals surface area contributed by atoms with Crippen molar-refractivity contribution < 1.29 is 9.15 Å². The summed E-state index contributed by atoms with van der Waals surface area (Å²) in [7, 11) is 0. The van der Waals surface area contributed by atoms with E-state index in [1.165, 1.54) is 61.3 Å². The van der Waals surface area contributed by atoms with Gasteiger partial charge in [-0.25, -0.2) is 0 Å². The van der Waals surface area contributed by atoms with Crippen molar-refractivity contribution in [3.8, 4) is 11.1 Å². The highest BCUT2D eigenvalue weighted by Crippen LogP contribution is 2.47. The number of hydrogen-bond donors (Lipinski definition) is 0. The Morgan fingerprint density at radius 2 is 1.57 bits per heavy atom. The molecule has 2 aliphatic heterocycles. The molecule has 222 valence electrons. The standard InChI is InChI=1S/C43H33NO2/c1-2-8-32(9-3-1)44-26-31-22-27(29-15-19-36-34-10-4-6-12-40(34)45-42(36)24-29)14-18-33(31)38-23-28(17-21-39(38)44)30-16-20-37-35-11-5-7-13-41(35)46-43(37)25-30/h1-4,6-10,12-22,24,28,43H,5,11,23,25-26H2. The molecule has 4 aromatic carbocycles. The van der Waals surface area contributed by atoms with Gasteiger partial charge < -0.3 is 14.1 Å². The molecule has 0 amide bonds. The summed E-state index contributed by atoms with van der Waals surface area (Å²) in [5.41, 5.74) is 15.3. The molecule has 2 atom stereocenters. The first kappa shape index (κ1) is 26.0. The van der Waals surface area contributed by atoms with E-state index in [1.54, 1.807) is 0 Å². The molecule has 0 saturated carbocycles. The molecule has 0 radical (unpaired) electrons. The second-order valence-electron chi connectivity index (χ2n) is 13.1. The zero-order valence-electron chi connectivity index (χ0n) is 25.6. The van der Waals surface area contributed by atoms with Crippen LogP contribution in [-0.2, 0) is 11.3 Å². The molecule has 0 N–H and O–H groups in total. The molecule has 3 heteroatoms. The van der Waals surface area contributed by atoms with E-state index in [0.717, 1.165) is 54.5 Å². The van der Waals surface area contributed by atoms with E-state index in [2.05, 4.69) is 120 Å². The molecule has 3 aliphatic carbocycles. The summed E-state index contributed by atoms with van der Waals surface area (Å²) in [5.74, 6) is 1.45. The fourth-order valence-electron chi connectivity index (χ4n) is 8.22. The SMILES string of the molecule is C1=CC2=C(CC1)C1=CC=C(C3C=CC4=C(C3)c3ccc(-c5ccc6c(c5)oc5ccccc56)cc3CN4c3ccccc3)CC1O2. The van der Waals surface area contributed by atoms with E-state index >= 15 is 0 Å². The number of fused-ring (bicyclic) bond motifs is 7. The van der Waals surface area contributed by atoms with Gasteiger partial charge in [0, 0.05) is 46.6 Å². The third kappa shape index (κ3) is 4.04. The van der Waals surface area contributed by atoms with Gasteiger partial charge in [0.05, 0.1) is 0 Å². The first-order valence-electron chi connectivity index (χ1n) is 16.5. The lowest BCUT2D eigenvalue weighted by atomic mass is 9.77. The summed E-state index contributed by atoms with van der Waals surface area (Å²) >= 11 is 0. The molecule has 3 heterocycles. The first-order valence-corrected chi connectivity index (χ1v) is 16.5. The lowest BCUT2D eigenvalue weighted by Crippen LogP contribution is -2.29. The number of nitrogens with zero attached hydrogens (tertiary/aromatic N) is 1. The van der Waals surface area contributed by atoms with Gasteiger partial charge in [-0.15, -0.1) is 0 Å². The molecular weight excluding hydrogens is 562 g/mol. The van der Waals surface area contributed by atoms with E-state index in [1.807, 2.05) is 12.1 Å². The molecule has 2 unspecified atom stereocenters. The van der Waals surface area contributed by atoms with E-state index in [-0.39, 0.29) is 6.10 Å². The number of anilines is 1. The van der Waals surface area contributed by atoms with Crippen molar-refractivity contribution in [3.05, 3.63) is 167 Å². The quantitative estimate of drug-likeness (QED) is 0.207. The molecular formula is C43H33NO2. The van der Waals surface area contributed by atoms with Crippen LogP contribution in [0.1, 0.15) is 36.8 Å². The summed E-state index contributed by atoms with van der Waals surface area (Å²) in [5, 5.41) is 2.33. The minimum absolute atomic E-state index is 0.155. The molecule has 10 rings (SSSR count). The van der Waals surface area contributed by atoms with E-state index < -0.39 is 0 Å². The Bertz CT molecular complexity index is 2270. The highest BCUT2D eigenvalue weighted by molar-refractivity contribution is 6.05. The second-order valence-corrected chi connectivity index (χ2v) is 13.1. The largest absolute Gasteiger partial charge is 0.485 e. The van der Waals surface area contributed by atoms with Gasteiger partial charge >= 0.3 is 0 Å². The van der Waals surface area contributed by atoms with Gasteiger partial charge in [-0.1, -0.05) is 84.5 Å². The third-order valence-electron chi connectivity index (χ3n) is 10.5. The summed E-state index contributed by atoms with van der Waals surface area (Å²) in [6.45, 7) is 0.837. The van der Waals surface area contributed by atoms with Crippen LogP contribution in [0.25, 0.3) is 38.6 Å². The van der Waals surface area contributed by atoms with Crippen LogP contribution in [0.15, 0.2) is 160 Å². The number of para-hydroxylation sites is 2. The summed E-state index contributed by atoms with van der Waals surface area (Å²) in [4.78, 5) is 2.49. The zero-order chi connectivity index (χ0) is 30.2. The van der Waals surface area contributed by atoms with Gasteiger partial charge in [-0.3, -0.25) is 0 Å². The zero-order valence-corrected chi connectivity index (χ0v) is 25.6. The first-order chi connectivity index (χ1) is 22.8. The maximum Gasteiger partial charge on any atom is 0.136 e. The molecule has 0 fully saturated rings. The topological polar surface area (TPSA) is 25.6 Å². The minimum Gasteiger partial charge on any atom is -0.485 e. The van der Waals surface area contributed by atoms with Crippen LogP contribution in [0.3, 0.4) is 0 Å². The molecule has 46 heavy (non-hydrogen) atoms. The number of furan rings is 1. The molecule has 0 bridgehead atoms. The number of hydrogen-bond acceptors (Lipinski definition) is 3. The number of rotatable bonds is 3. The number of allylic oxidation sites excluding steroid dienone is 7. The van der Waals surface area contributed by atoms with Crippen molar-refractivity contribution in [2.45, 2.75) is 38.3 Å². The highest BCUT2D eigenvalue weighted by atomic mass is 16.5. The van der Waals surface area contributed by atoms with Crippen LogP contribution < -0.4 is 4.90 Å². The van der Waals surface area contributed by atoms with Gasteiger partial charge in [-0.2, -0.15) is 0 Å². The maximum atomic E-state index is 6.46. The fraction of sp³-hybridized carbons (Fsp3) is 0.163. The normalized spacial score (nSPS) is 21.5. The Morgan fingerprint density at radius 3 is 2.52 bits per heavy atom. The van der Waals surface area contributed by atoms with Crippen LogP contribution in [-0.4, -0.2) is 6.10 Å². The third-order valence-corrected chi connectivity index (χ3v) is 10.5. The van der Waals surface area contributed by atoms with E-state index in [4.69, 9.17) is 9.15 Å². The van der Waals surface area contributed by atoms with Crippen molar-refractivity contribution in [2.75, 3.05) is 4.90 Å². The van der Waals surface area contributed by atoms with Crippen molar-refractivity contribution in [2.24, 2.45) is 5.92 Å². The van der Waals surface area contributed by atoms with Crippen LogP contribution in [0.2, 0.25) is 0 Å². The summed E-state index contributed by atoms with van der Waals surface area (Å²) < 4.78 is 12.7. The lowest BCUT2D eigenvalue weighted by molar-refractivity contribution is 0.172. The van der Waals surface area contributed by atoms with Crippen LogP contribution in [0, 0.1) is 5.92 Å². The van der Waals surface area contributed by atoms with E-state index in [9.17, 15) is 0 Å². The average Bonchev–Trinajstić information content (AvgIpc) is 3.68. The number of benzene rings is 4. The Morgan fingerprint density at radius 1 is 0.717 bits per heavy atom. The Kier molecular flexibility index (Phi) is 5.72. The Hall–Kier alpha value is -5.28. The van der Waals surface area contributed by atoms with Gasteiger partial charge in [0.1, 0.15) is 23.0 Å². The lowest BCUT2D eigenvalue weighted by Gasteiger charge is -2.38. The number of ether oxygens (including phenoxy) is 1. The molecule has 0 spiro atoms. The maximum absolute atomic E-state index is 6.46. The van der Waals surface area contributed by atoms with Gasteiger partial charge in [0.2, 0.25) is 0 Å². The molecule has 0 saturated heterocycles. The van der Waals surface area contributed by atoms with E-state index in [0.29, 0.717) is 5.92 Å². The molecule has 1 aromatic heterocycles.